The summed E-state index contributed by atoms with van der Waals surface area (Å²) < 4.78 is 31.7. The molecular weight excluding hydrogens is 301 g/mol. The van der Waals surface area contributed by atoms with Gasteiger partial charge < -0.3 is 15.3 Å². The summed E-state index contributed by atoms with van der Waals surface area (Å²) in [6.07, 6.45) is 0.954. The number of carbonyl (C=O) groups excluding carboxylic acids is 1. The van der Waals surface area contributed by atoms with Crippen LogP contribution in [0.4, 0.5) is 13.2 Å². The first-order valence-electron chi connectivity index (χ1n) is 7.29. The highest BCUT2D eigenvalue weighted by Gasteiger charge is 2.42. The van der Waals surface area contributed by atoms with Crippen molar-refractivity contribution >= 4 is 11.9 Å². The number of nitrogens with zero attached hydrogens (tertiary/aromatic N) is 1. The van der Waals surface area contributed by atoms with Gasteiger partial charge in [-0.1, -0.05) is 0 Å². The van der Waals surface area contributed by atoms with E-state index in [4.69, 9.17) is 9.90 Å². The van der Waals surface area contributed by atoms with E-state index in [9.17, 15) is 18.0 Å². The van der Waals surface area contributed by atoms with Gasteiger partial charge in [-0.3, -0.25) is 4.79 Å². The number of aliphatic carboxylic acids is 1. The van der Waals surface area contributed by atoms with Crippen molar-refractivity contribution < 1.29 is 27.9 Å². The van der Waals surface area contributed by atoms with Crippen LogP contribution >= 0.6 is 0 Å². The first-order chi connectivity index (χ1) is 10.1. The number of carboxylic acid groups (broad SMARTS) is 1. The Balaban J connectivity index is 0.000000295. The monoisotopic (exact) mass is 324 g/mol. The highest BCUT2D eigenvalue weighted by Crippen LogP contribution is 2.48. The Morgan fingerprint density at radius 3 is 2.09 bits per heavy atom. The second-order valence-electron chi connectivity index (χ2n) is 6.23. The molecule has 128 valence electrons. The first-order valence-corrected chi connectivity index (χ1v) is 7.29. The Bertz CT molecular complexity index is 405. The number of amides is 1. The molecule has 1 spiro atoms. The molecule has 8 heteroatoms. The maximum Gasteiger partial charge on any atom is 0.490 e. The minimum atomic E-state index is -5.08. The zero-order valence-electron chi connectivity index (χ0n) is 12.9. The van der Waals surface area contributed by atoms with E-state index in [1.807, 2.05) is 14.1 Å². The minimum absolute atomic E-state index is 0.304. The third-order valence-corrected chi connectivity index (χ3v) is 4.40. The van der Waals surface area contributed by atoms with E-state index < -0.39 is 12.1 Å². The van der Waals surface area contributed by atoms with Crippen molar-refractivity contribution in [2.45, 2.75) is 38.3 Å². The largest absolute Gasteiger partial charge is 0.490 e. The molecule has 1 heterocycles. The molecule has 0 radical (unpaired) electrons. The third-order valence-electron chi connectivity index (χ3n) is 4.40. The number of piperidine rings is 1. The molecule has 2 rings (SSSR count). The van der Waals surface area contributed by atoms with Crippen molar-refractivity contribution in [2.24, 2.45) is 11.3 Å². The predicted molar refractivity (Wildman–Crippen MR) is 74.3 cm³/mol. The Morgan fingerprint density at radius 2 is 1.68 bits per heavy atom. The topological polar surface area (TPSA) is 69.6 Å². The normalized spacial score (nSPS) is 23.6. The van der Waals surface area contributed by atoms with Gasteiger partial charge in [0.05, 0.1) is 0 Å². The van der Waals surface area contributed by atoms with Crippen molar-refractivity contribution in [3.05, 3.63) is 0 Å². The number of rotatable bonds is 1. The van der Waals surface area contributed by atoms with Crippen LogP contribution in [-0.4, -0.2) is 55.2 Å². The Labute approximate surface area is 127 Å². The van der Waals surface area contributed by atoms with Crippen molar-refractivity contribution in [2.75, 3.05) is 27.2 Å². The van der Waals surface area contributed by atoms with Crippen LogP contribution < -0.4 is 5.32 Å². The second-order valence-corrected chi connectivity index (χ2v) is 6.23. The maximum absolute atomic E-state index is 11.9. The van der Waals surface area contributed by atoms with Crippen LogP contribution in [0.5, 0.6) is 0 Å². The summed E-state index contributed by atoms with van der Waals surface area (Å²) in [4.78, 5) is 22.5. The standard InChI is InChI=1S/C12H22N2O.C2HF3O2/c1-14(2)11(15)10-3-4-12(9-10)5-7-13-8-6-12;3-2(4,5)1(6)7/h10,13H,3-9H2,1-2H3;(H,6,7). The lowest BCUT2D eigenvalue weighted by atomic mass is 9.77. The number of carbonyl (C=O) groups is 2. The van der Waals surface area contributed by atoms with Crippen LogP contribution in [0.3, 0.4) is 0 Å². The van der Waals surface area contributed by atoms with E-state index in [1.54, 1.807) is 4.90 Å². The van der Waals surface area contributed by atoms with Crippen LogP contribution in [0.1, 0.15) is 32.1 Å². The van der Waals surface area contributed by atoms with Gasteiger partial charge in [0.2, 0.25) is 5.91 Å². The maximum atomic E-state index is 11.9. The molecule has 5 nitrogen and oxygen atoms in total. The average Bonchev–Trinajstić information content (AvgIpc) is 2.82. The fourth-order valence-corrected chi connectivity index (χ4v) is 3.19. The number of alkyl halides is 3. The SMILES string of the molecule is CN(C)C(=O)C1CCC2(CCNCC2)C1.O=C(O)C(F)(F)F. The fraction of sp³-hybridized carbons (Fsp3) is 0.857. The molecule has 0 aromatic heterocycles. The molecular formula is C14H23F3N2O3. The van der Waals surface area contributed by atoms with Crippen molar-refractivity contribution in [1.29, 1.82) is 0 Å². The van der Waals surface area contributed by atoms with Gasteiger partial charge in [-0.15, -0.1) is 0 Å². The van der Waals surface area contributed by atoms with Gasteiger partial charge in [-0.05, 0) is 50.6 Å². The van der Waals surface area contributed by atoms with Gasteiger partial charge in [0.25, 0.3) is 0 Å². The van der Waals surface area contributed by atoms with Gasteiger partial charge in [-0.2, -0.15) is 13.2 Å². The van der Waals surface area contributed by atoms with Crippen molar-refractivity contribution in [1.82, 2.24) is 10.2 Å². The fourth-order valence-electron chi connectivity index (χ4n) is 3.19. The smallest absolute Gasteiger partial charge is 0.475 e. The molecule has 1 saturated carbocycles. The molecule has 1 unspecified atom stereocenters. The van der Waals surface area contributed by atoms with Crippen LogP contribution in [0, 0.1) is 11.3 Å². The summed E-state index contributed by atoms with van der Waals surface area (Å²) in [7, 11) is 3.74. The van der Waals surface area contributed by atoms with Crippen molar-refractivity contribution in [3.8, 4) is 0 Å². The first kappa shape index (κ1) is 18.7. The molecule has 22 heavy (non-hydrogen) atoms. The van der Waals surface area contributed by atoms with E-state index in [0.29, 0.717) is 17.2 Å². The molecule has 2 fully saturated rings. The molecule has 2 aliphatic rings. The summed E-state index contributed by atoms with van der Waals surface area (Å²) in [5.41, 5.74) is 0.502. The summed E-state index contributed by atoms with van der Waals surface area (Å²) in [5.74, 6) is -2.11. The predicted octanol–water partition coefficient (Wildman–Crippen LogP) is 1.88. The van der Waals surface area contributed by atoms with E-state index in [1.165, 1.54) is 19.3 Å². The quantitative estimate of drug-likeness (QED) is 0.773. The number of carboxylic acids is 1. The molecule has 0 aromatic rings. The molecule has 1 aliphatic carbocycles. The summed E-state index contributed by atoms with van der Waals surface area (Å²) in [5, 5.41) is 10.5. The van der Waals surface area contributed by atoms with Crippen molar-refractivity contribution in [3.63, 3.8) is 0 Å². The molecule has 1 saturated heterocycles. The number of halogens is 3. The van der Waals surface area contributed by atoms with Gasteiger partial charge in [0.1, 0.15) is 0 Å². The Hall–Kier alpha value is -1.31. The van der Waals surface area contributed by atoms with E-state index in [-0.39, 0.29) is 0 Å². The highest BCUT2D eigenvalue weighted by molar-refractivity contribution is 5.78. The van der Waals surface area contributed by atoms with Gasteiger partial charge in [0.15, 0.2) is 0 Å². The average molecular weight is 324 g/mol. The van der Waals surface area contributed by atoms with E-state index in [0.717, 1.165) is 25.9 Å². The van der Waals surface area contributed by atoms with Crippen LogP contribution in [0.25, 0.3) is 0 Å². The lowest BCUT2D eigenvalue weighted by Gasteiger charge is -2.34. The summed E-state index contributed by atoms with van der Waals surface area (Å²) in [6.45, 7) is 2.28. The molecule has 0 bridgehead atoms. The van der Waals surface area contributed by atoms with Gasteiger partial charge >= 0.3 is 12.1 Å². The number of hydrogen-bond acceptors (Lipinski definition) is 3. The molecule has 1 aliphatic heterocycles. The number of nitrogens with one attached hydrogen (secondary N) is 1. The Kier molecular flexibility index (Phi) is 6.22. The Morgan fingerprint density at radius 1 is 1.18 bits per heavy atom. The third kappa shape index (κ3) is 5.15. The van der Waals surface area contributed by atoms with E-state index >= 15 is 0 Å². The van der Waals surface area contributed by atoms with Crippen LogP contribution in [-0.2, 0) is 9.59 Å². The lowest BCUT2D eigenvalue weighted by molar-refractivity contribution is -0.192. The second kappa shape index (κ2) is 7.30. The summed E-state index contributed by atoms with van der Waals surface area (Å²) in [6, 6.07) is 0. The lowest BCUT2D eigenvalue weighted by Crippen LogP contribution is -2.36. The summed E-state index contributed by atoms with van der Waals surface area (Å²) >= 11 is 0. The zero-order valence-corrected chi connectivity index (χ0v) is 12.9. The molecule has 2 N–H and O–H groups in total. The highest BCUT2D eigenvalue weighted by atomic mass is 19.4. The van der Waals surface area contributed by atoms with Crippen LogP contribution in [0.2, 0.25) is 0 Å². The number of hydrogen-bond donors (Lipinski definition) is 2. The molecule has 1 amide bonds. The molecule has 0 aromatic carbocycles. The van der Waals surface area contributed by atoms with Gasteiger partial charge in [-0.25, -0.2) is 4.79 Å². The minimum Gasteiger partial charge on any atom is -0.475 e. The van der Waals surface area contributed by atoms with E-state index in [2.05, 4.69) is 5.32 Å². The molecule has 1 atom stereocenters. The van der Waals surface area contributed by atoms with Crippen LogP contribution in [0.15, 0.2) is 0 Å². The van der Waals surface area contributed by atoms with Gasteiger partial charge in [0, 0.05) is 20.0 Å². The zero-order chi connectivity index (χ0) is 17.0.